The zero-order chi connectivity index (χ0) is 28.5. The Morgan fingerprint density at radius 2 is 1.95 bits per heavy atom. The van der Waals surface area contributed by atoms with Crippen molar-refractivity contribution in [2.75, 3.05) is 6.54 Å². The Morgan fingerprint density at radius 1 is 1.21 bits per heavy atom. The number of hydrogen-bond donors (Lipinski definition) is 3. The van der Waals surface area contributed by atoms with Gasteiger partial charge in [0.1, 0.15) is 23.5 Å². The summed E-state index contributed by atoms with van der Waals surface area (Å²) in [6.45, 7) is 13.1. The lowest BCUT2D eigenvalue weighted by Crippen LogP contribution is -2.49. The molecule has 2 amide bonds. The molecule has 1 aromatic heterocycles. The average molecular weight is 548 g/mol. The number of likely N-dealkylation sites (tertiary alicyclic amines) is 1. The van der Waals surface area contributed by atoms with Crippen LogP contribution in [0.2, 0.25) is 0 Å². The summed E-state index contributed by atoms with van der Waals surface area (Å²) in [7, 11) is 0. The number of carbonyl (C=O) groups is 2. The Hall–Kier alpha value is -3.23. The highest BCUT2D eigenvalue weighted by Crippen LogP contribution is 2.33. The molecule has 3 N–H and O–H groups in total. The fourth-order valence-electron chi connectivity index (χ4n) is 4.92. The van der Waals surface area contributed by atoms with Crippen molar-refractivity contribution in [1.29, 1.82) is 0 Å². The molecule has 0 spiro atoms. The maximum Gasteiger partial charge on any atom is 0.243 e. The molecule has 2 aromatic rings. The Kier molecular flexibility index (Phi) is 11.1. The molecule has 4 rings (SSSR count). The number of piperidine rings is 1. The Labute approximate surface area is 233 Å². The molecule has 2 fully saturated rings. The molecule has 39 heavy (non-hydrogen) atoms. The van der Waals surface area contributed by atoms with E-state index >= 15 is 0 Å². The minimum absolute atomic E-state index is 0. The van der Waals surface area contributed by atoms with Crippen LogP contribution in [0.5, 0.6) is 0 Å². The zero-order valence-corrected chi connectivity index (χ0v) is 23.7. The third-order valence-electron chi connectivity index (χ3n) is 7.36. The SMILES string of the molecule is C=C(C[C@H](NC(=O)CCC1CC1)C(=O)N[C@@H](C)c1ncc(-c2ccc(F)cc2F)[nH]1)N1CCCC[C@@H]1C.CC.[HH].[HH]. The highest BCUT2D eigenvalue weighted by atomic mass is 19.1. The number of amides is 2. The molecule has 1 saturated heterocycles. The van der Waals surface area contributed by atoms with E-state index < -0.39 is 23.7 Å². The van der Waals surface area contributed by atoms with E-state index in [1.807, 2.05) is 13.8 Å². The molecule has 0 bridgehead atoms. The van der Waals surface area contributed by atoms with Crippen molar-refractivity contribution >= 4 is 11.8 Å². The van der Waals surface area contributed by atoms with Crippen LogP contribution in [-0.4, -0.2) is 45.3 Å². The van der Waals surface area contributed by atoms with Gasteiger partial charge in [-0.15, -0.1) is 0 Å². The van der Waals surface area contributed by atoms with Crippen molar-refractivity contribution in [1.82, 2.24) is 25.5 Å². The molecule has 2 aliphatic rings. The van der Waals surface area contributed by atoms with Gasteiger partial charge < -0.3 is 20.5 Å². The second-order valence-electron chi connectivity index (χ2n) is 10.4. The molecule has 2 heterocycles. The van der Waals surface area contributed by atoms with E-state index in [-0.39, 0.29) is 20.2 Å². The molecular formula is C30H47F2N5O2. The number of imidazole rings is 1. The number of nitrogens with one attached hydrogen (secondary N) is 3. The lowest BCUT2D eigenvalue weighted by molar-refractivity contribution is -0.129. The van der Waals surface area contributed by atoms with Crippen LogP contribution in [0.3, 0.4) is 0 Å². The number of aromatic nitrogens is 2. The second-order valence-corrected chi connectivity index (χ2v) is 10.4. The van der Waals surface area contributed by atoms with Crippen molar-refractivity contribution in [2.45, 2.75) is 97.2 Å². The molecule has 7 nitrogen and oxygen atoms in total. The fourth-order valence-corrected chi connectivity index (χ4v) is 4.92. The number of H-pyrrole nitrogens is 1. The highest BCUT2D eigenvalue weighted by molar-refractivity contribution is 5.88. The average Bonchev–Trinajstić information content (AvgIpc) is 3.62. The molecule has 1 aromatic carbocycles. The molecule has 1 aliphatic heterocycles. The maximum absolute atomic E-state index is 14.2. The summed E-state index contributed by atoms with van der Waals surface area (Å²) in [4.78, 5) is 35.6. The largest absolute Gasteiger partial charge is 0.373 e. The third kappa shape index (κ3) is 8.63. The van der Waals surface area contributed by atoms with Crippen molar-refractivity contribution < 1.29 is 21.2 Å². The Morgan fingerprint density at radius 3 is 2.62 bits per heavy atom. The first-order chi connectivity index (χ1) is 18.7. The summed E-state index contributed by atoms with van der Waals surface area (Å²) in [5.41, 5.74) is 1.41. The summed E-state index contributed by atoms with van der Waals surface area (Å²) in [6.07, 6.45) is 8.70. The van der Waals surface area contributed by atoms with Crippen LogP contribution in [0.1, 0.15) is 93.8 Å². The van der Waals surface area contributed by atoms with E-state index in [0.29, 0.717) is 36.3 Å². The number of aromatic amines is 1. The van der Waals surface area contributed by atoms with E-state index in [1.165, 1.54) is 37.6 Å². The molecule has 218 valence electrons. The van der Waals surface area contributed by atoms with Gasteiger partial charge in [-0.05, 0) is 57.6 Å². The molecule has 9 heteroatoms. The van der Waals surface area contributed by atoms with Crippen LogP contribution < -0.4 is 10.6 Å². The molecular weight excluding hydrogens is 500 g/mol. The van der Waals surface area contributed by atoms with E-state index in [4.69, 9.17) is 0 Å². The van der Waals surface area contributed by atoms with Crippen molar-refractivity contribution in [3.63, 3.8) is 0 Å². The Balaban J connectivity index is 0.00000206. The predicted octanol–water partition coefficient (Wildman–Crippen LogP) is 6.50. The van der Waals surface area contributed by atoms with Crippen LogP contribution >= 0.6 is 0 Å². The first-order valence-electron chi connectivity index (χ1n) is 14.3. The standard InChI is InChI=1S/C28H37F2N5O2.C2H6.2H2/c1-17-6-4-5-13-35(17)18(2)14-24(33-26(36)12-9-20-7-8-20)28(37)32-19(3)27-31-16-25(34-27)22-11-10-21(29)15-23(22)30;1-2;;/h10-11,15-17,19-20,24H,2,4-9,12-14H2,1,3H3,(H,31,34)(H,32,37)(H,33,36);1-2H3;2*1H/t17-,19-,24-;;;/m0.../s1. The minimum atomic E-state index is -0.764. The van der Waals surface area contributed by atoms with E-state index in [2.05, 4.69) is 39.0 Å². The van der Waals surface area contributed by atoms with E-state index in [0.717, 1.165) is 37.6 Å². The topological polar surface area (TPSA) is 90.1 Å². The minimum Gasteiger partial charge on any atom is -0.373 e. The van der Waals surface area contributed by atoms with Crippen LogP contribution in [0.4, 0.5) is 8.78 Å². The van der Waals surface area contributed by atoms with Gasteiger partial charge in [-0.25, -0.2) is 13.8 Å². The van der Waals surface area contributed by atoms with Crippen LogP contribution in [0.25, 0.3) is 11.3 Å². The molecule has 1 aliphatic carbocycles. The van der Waals surface area contributed by atoms with Gasteiger partial charge in [0, 0.05) is 45.6 Å². The van der Waals surface area contributed by atoms with Crippen LogP contribution in [0.15, 0.2) is 36.7 Å². The fraction of sp³-hybridized carbons (Fsp3) is 0.567. The maximum atomic E-state index is 14.2. The van der Waals surface area contributed by atoms with Gasteiger partial charge in [0.15, 0.2) is 0 Å². The normalized spacial score (nSPS) is 18.4. The monoisotopic (exact) mass is 547 g/mol. The number of halogens is 2. The van der Waals surface area contributed by atoms with Gasteiger partial charge in [0.05, 0.1) is 17.9 Å². The molecule has 1 saturated carbocycles. The Bertz CT molecular complexity index is 1140. The first-order valence-corrected chi connectivity index (χ1v) is 14.3. The predicted molar refractivity (Wildman–Crippen MR) is 154 cm³/mol. The van der Waals surface area contributed by atoms with Crippen molar-refractivity contribution in [3.05, 3.63) is 54.1 Å². The number of hydrogen-bond acceptors (Lipinski definition) is 4. The van der Waals surface area contributed by atoms with Gasteiger partial charge in [0.25, 0.3) is 0 Å². The highest BCUT2D eigenvalue weighted by Gasteiger charge is 2.29. The van der Waals surface area contributed by atoms with Crippen molar-refractivity contribution in [3.8, 4) is 11.3 Å². The quantitative estimate of drug-likeness (QED) is 0.299. The van der Waals surface area contributed by atoms with Gasteiger partial charge in [-0.1, -0.05) is 33.3 Å². The lowest BCUT2D eigenvalue weighted by atomic mass is 10.0. The lowest BCUT2D eigenvalue weighted by Gasteiger charge is -2.37. The number of benzene rings is 1. The number of carbonyl (C=O) groups excluding carboxylic acids is 2. The zero-order valence-electron chi connectivity index (χ0n) is 23.7. The summed E-state index contributed by atoms with van der Waals surface area (Å²) in [5, 5.41) is 5.86. The summed E-state index contributed by atoms with van der Waals surface area (Å²) >= 11 is 0. The van der Waals surface area contributed by atoms with Crippen LogP contribution in [-0.2, 0) is 9.59 Å². The van der Waals surface area contributed by atoms with Crippen LogP contribution in [0, 0.1) is 17.6 Å². The third-order valence-corrected chi connectivity index (χ3v) is 7.36. The van der Waals surface area contributed by atoms with E-state index in [1.54, 1.807) is 6.92 Å². The summed E-state index contributed by atoms with van der Waals surface area (Å²) in [5.74, 6) is -0.773. The van der Waals surface area contributed by atoms with Gasteiger partial charge in [-0.3, -0.25) is 9.59 Å². The summed E-state index contributed by atoms with van der Waals surface area (Å²) in [6, 6.07) is 2.39. The van der Waals surface area contributed by atoms with Gasteiger partial charge >= 0.3 is 0 Å². The summed E-state index contributed by atoms with van der Waals surface area (Å²) < 4.78 is 27.5. The molecule has 0 radical (unpaired) electrons. The first kappa shape index (κ1) is 30.3. The molecule has 3 atom stereocenters. The second kappa shape index (κ2) is 14.2. The number of rotatable bonds is 11. The van der Waals surface area contributed by atoms with Crippen molar-refractivity contribution in [2.24, 2.45) is 5.92 Å². The molecule has 0 unspecified atom stereocenters. The van der Waals surface area contributed by atoms with E-state index in [9.17, 15) is 18.4 Å². The van der Waals surface area contributed by atoms with Gasteiger partial charge in [-0.2, -0.15) is 0 Å². The number of nitrogens with zero attached hydrogens (tertiary/aromatic N) is 2. The smallest absolute Gasteiger partial charge is 0.243 e. The van der Waals surface area contributed by atoms with Gasteiger partial charge in [0.2, 0.25) is 11.8 Å².